The standard InChI is InChI=1S/C15H22N2O2/c1-11(15(18)17-13-6-7-13)16-9-8-12-4-3-5-14(10-12)19-2/h3-5,10-11,13,16H,6-9H2,1-2H3,(H,17,18). The smallest absolute Gasteiger partial charge is 0.237 e. The van der Waals surface area contributed by atoms with Gasteiger partial charge in [-0.3, -0.25) is 4.79 Å². The second-order valence-corrected chi connectivity index (χ2v) is 5.06. The molecule has 0 heterocycles. The maximum atomic E-state index is 11.7. The van der Waals surface area contributed by atoms with E-state index in [4.69, 9.17) is 4.74 Å². The number of carbonyl (C=O) groups excluding carboxylic acids is 1. The van der Waals surface area contributed by atoms with Crippen LogP contribution in [0.3, 0.4) is 0 Å². The lowest BCUT2D eigenvalue weighted by molar-refractivity contribution is -0.122. The molecule has 1 atom stereocenters. The summed E-state index contributed by atoms with van der Waals surface area (Å²) >= 11 is 0. The minimum absolute atomic E-state index is 0.105. The molecule has 1 aliphatic carbocycles. The number of nitrogens with one attached hydrogen (secondary N) is 2. The van der Waals surface area contributed by atoms with Gasteiger partial charge in [0, 0.05) is 6.04 Å². The molecule has 1 aliphatic rings. The summed E-state index contributed by atoms with van der Waals surface area (Å²) in [5, 5.41) is 6.25. The Kier molecular flexibility index (Phi) is 4.80. The Morgan fingerprint density at radius 1 is 1.47 bits per heavy atom. The van der Waals surface area contributed by atoms with Crippen molar-refractivity contribution in [3.05, 3.63) is 29.8 Å². The number of ether oxygens (including phenoxy) is 1. The van der Waals surface area contributed by atoms with Crippen molar-refractivity contribution >= 4 is 5.91 Å². The van der Waals surface area contributed by atoms with E-state index in [2.05, 4.69) is 16.7 Å². The quantitative estimate of drug-likeness (QED) is 0.783. The number of hydrogen-bond acceptors (Lipinski definition) is 3. The summed E-state index contributed by atoms with van der Waals surface area (Å²) in [6.07, 6.45) is 3.14. The van der Waals surface area contributed by atoms with Gasteiger partial charge in [0.1, 0.15) is 5.75 Å². The van der Waals surface area contributed by atoms with E-state index in [1.165, 1.54) is 5.56 Å². The monoisotopic (exact) mass is 262 g/mol. The number of carbonyl (C=O) groups is 1. The van der Waals surface area contributed by atoms with E-state index < -0.39 is 0 Å². The molecule has 104 valence electrons. The zero-order chi connectivity index (χ0) is 13.7. The number of amides is 1. The second-order valence-electron chi connectivity index (χ2n) is 5.06. The largest absolute Gasteiger partial charge is 0.497 e. The SMILES string of the molecule is COc1cccc(CCNC(C)C(=O)NC2CC2)c1. The molecule has 1 fully saturated rings. The van der Waals surface area contributed by atoms with Gasteiger partial charge in [0.15, 0.2) is 0 Å². The molecule has 2 rings (SSSR count). The number of rotatable bonds is 7. The van der Waals surface area contributed by atoms with Gasteiger partial charge in [-0.2, -0.15) is 0 Å². The molecule has 1 aromatic rings. The molecule has 0 bridgehead atoms. The molecule has 1 amide bonds. The molecule has 0 saturated heterocycles. The fourth-order valence-electron chi connectivity index (χ4n) is 1.91. The topological polar surface area (TPSA) is 50.4 Å². The Bertz CT molecular complexity index is 430. The van der Waals surface area contributed by atoms with Gasteiger partial charge in [0.25, 0.3) is 0 Å². The molecule has 1 saturated carbocycles. The van der Waals surface area contributed by atoms with Crippen molar-refractivity contribution in [2.45, 2.75) is 38.3 Å². The van der Waals surface area contributed by atoms with Gasteiger partial charge in [-0.1, -0.05) is 12.1 Å². The summed E-state index contributed by atoms with van der Waals surface area (Å²) in [6.45, 7) is 2.69. The van der Waals surface area contributed by atoms with E-state index in [-0.39, 0.29) is 11.9 Å². The van der Waals surface area contributed by atoms with E-state index in [0.29, 0.717) is 6.04 Å². The average molecular weight is 262 g/mol. The molecule has 4 nitrogen and oxygen atoms in total. The summed E-state index contributed by atoms with van der Waals surface area (Å²) in [7, 11) is 1.67. The van der Waals surface area contributed by atoms with Crippen molar-refractivity contribution in [2.24, 2.45) is 0 Å². The minimum atomic E-state index is -0.133. The Balaban J connectivity index is 1.71. The molecule has 0 spiro atoms. The lowest BCUT2D eigenvalue weighted by Crippen LogP contribution is -2.43. The third kappa shape index (κ3) is 4.56. The second kappa shape index (κ2) is 6.57. The lowest BCUT2D eigenvalue weighted by atomic mass is 10.1. The van der Waals surface area contributed by atoms with Crippen molar-refractivity contribution in [1.29, 1.82) is 0 Å². The maximum Gasteiger partial charge on any atom is 0.237 e. The fraction of sp³-hybridized carbons (Fsp3) is 0.533. The summed E-state index contributed by atoms with van der Waals surface area (Å²) in [5.74, 6) is 0.977. The summed E-state index contributed by atoms with van der Waals surface area (Å²) in [5.41, 5.74) is 1.21. The molecule has 19 heavy (non-hydrogen) atoms. The zero-order valence-electron chi connectivity index (χ0n) is 11.6. The van der Waals surface area contributed by atoms with E-state index in [0.717, 1.165) is 31.6 Å². The third-order valence-corrected chi connectivity index (χ3v) is 3.32. The lowest BCUT2D eigenvalue weighted by Gasteiger charge is -2.13. The molecule has 0 radical (unpaired) electrons. The summed E-state index contributed by atoms with van der Waals surface area (Å²) in [6, 6.07) is 8.30. The first-order chi connectivity index (χ1) is 9.19. The van der Waals surface area contributed by atoms with Crippen LogP contribution in [-0.4, -0.2) is 31.6 Å². The first-order valence-electron chi connectivity index (χ1n) is 6.85. The molecule has 2 N–H and O–H groups in total. The Labute approximate surface area is 114 Å². The van der Waals surface area contributed by atoms with Crippen molar-refractivity contribution in [3.8, 4) is 5.75 Å². The molecule has 1 unspecified atom stereocenters. The number of methoxy groups -OCH3 is 1. The Morgan fingerprint density at radius 2 is 2.26 bits per heavy atom. The van der Waals surface area contributed by atoms with Crippen LogP contribution in [0.5, 0.6) is 5.75 Å². The highest BCUT2D eigenvalue weighted by molar-refractivity contribution is 5.81. The van der Waals surface area contributed by atoms with Crippen LogP contribution in [0.1, 0.15) is 25.3 Å². The summed E-state index contributed by atoms with van der Waals surface area (Å²) in [4.78, 5) is 11.7. The molecule has 4 heteroatoms. The predicted molar refractivity (Wildman–Crippen MR) is 75.3 cm³/mol. The van der Waals surface area contributed by atoms with E-state index in [1.54, 1.807) is 7.11 Å². The first-order valence-corrected chi connectivity index (χ1v) is 6.85. The van der Waals surface area contributed by atoms with Crippen LogP contribution in [0.25, 0.3) is 0 Å². The highest BCUT2D eigenvalue weighted by atomic mass is 16.5. The van der Waals surface area contributed by atoms with Crippen molar-refractivity contribution in [1.82, 2.24) is 10.6 Å². The molecular weight excluding hydrogens is 240 g/mol. The normalized spacial score (nSPS) is 15.9. The van der Waals surface area contributed by atoms with Gasteiger partial charge in [-0.25, -0.2) is 0 Å². The molecular formula is C15H22N2O2. The highest BCUT2D eigenvalue weighted by Crippen LogP contribution is 2.18. The number of hydrogen-bond donors (Lipinski definition) is 2. The predicted octanol–water partition coefficient (Wildman–Crippen LogP) is 1.49. The van der Waals surface area contributed by atoms with Crippen molar-refractivity contribution < 1.29 is 9.53 Å². The van der Waals surface area contributed by atoms with E-state index in [1.807, 2.05) is 25.1 Å². The van der Waals surface area contributed by atoms with Gasteiger partial charge >= 0.3 is 0 Å². The average Bonchev–Trinajstić information content (AvgIpc) is 3.22. The fourth-order valence-corrected chi connectivity index (χ4v) is 1.91. The highest BCUT2D eigenvalue weighted by Gasteiger charge is 2.25. The van der Waals surface area contributed by atoms with Crippen molar-refractivity contribution in [2.75, 3.05) is 13.7 Å². The van der Waals surface area contributed by atoms with Crippen LogP contribution in [-0.2, 0) is 11.2 Å². The molecule has 0 aliphatic heterocycles. The van der Waals surface area contributed by atoms with E-state index in [9.17, 15) is 4.79 Å². The minimum Gasteiger partial charge on any atom is -0.497 e. The van der Waals surface area contributed by atoms with Crippen LogP contribution in [0, 0.1) is 0 Å². The van der Waals surface area contributed by atoms with Gasteiger partial charge in [0.2, 0.25) is 5.91 Å². The molecule has 0 aromatic heterocycles. The van der Waals surface area contributed by atoms with Crippen LogP contribution < -0.4 is 15.4 Å². The van der Waals surface area contributed by atoms with Crippen LogP contribution in [0.2, 0.25) is 0 Å². The third-order valence-electron chi connectivity index (χ3n) is 3.32. The zero-order valence-corrected chi connectivity index (χ0v) is 11.6. The van der Waals surface area contributed by atoms with Gasteiger partial charge in [0.05, 0.1) is 13.2 Å². The van der Waals surface area contributed by atoms with Gasteiger partial charge in [-0.05, 0) is 50.4 Å². The Morgan fingerprint density at radius 3 is 2.95 bits per heavy atom. The van der Waals surface area contributed by atoms with Crippen molar-refractivity contribution in [3.63, 3.8) is 0 Å². The Hall–Kier alpha value is -1.55. The summed E-state index contributed by atoms with van der Waals surface area (Å²) < 4.78 is 5.19. The van der Waals surface area contributed by atoms with Crippen LogP contribution >= 0.6 is 0 Å². The molecule has 1 aromatic carbocycles. The van der Waals surface area contributed by atoms with Gasteiger partial charge in [-0.15, -0.1) is 0 Å². The van der Waals surface area contributed by atoms with Crippen LogP contribution in [0.4, 0.5) is 0 Å². The van der Waals surface area contributed by atoms with Crippen LogP contribution in [0.15, 0.2) is 24.3 Å². The first kappa shape index (κ1) is 13.9. The maximum absolute atomic E-state index is 11.7. The number of benzene rings is 1. The van der Waals surface area contributed by atoms with Gasteiger partial charge < -0.3 is 15.4 Å². The van der Waals surface area contributed by atoms with E-state index >= 15 is 0 Å².